The molecule has 0 aliphatic carbocycles. The van der Waals surface area contributed by atoms with Crippen molar-refractivity contribution in [2.24, 2.45) is 11.7 Å². The maximum Gasteiger partial charge on any atom is 0.410 e. The van der Waals surface area contributed by atoms with E-state index in [2.05, 4.69) is 0 Å². The molecule has 22 heavy (non-hydrogen) atoms. The Labute approximate surface area is 137 Å². The number of amides is 1. The zero-order chi connectivity index (χ0) is 16.3. The van der Waals surface area contributed by atoms with E-state index in [1.54, 1.807) is 4.90 Å². The minimum absolute atomic E-state index is 0.00133. The number of hydrogen-bond donors (Lipinski definition) is 1. The number of nitrogens with two attached hydrogens (primary N) is 1. The second-order valence-corrected chi connectivity index (χ2v) is 7.51. The van der Waals surface area contributed by atoms with Crippen LogP contribution >= 0.6 is 11.6 Å². The lowest BCUT2D eigenvalue weighted by molar-refractivity contribution is 0.0145. The zero-order valence-electron chi connectivity index (χ0n) is 13.5. The number of piperidine rings is 1. The van der Waals surface area contributed by atoms with Crippen LogP contribution in [0.25, 0.3) is 0 Å². The van der Waals surface area contributed by atoms with Gasteiger partial charge in [-0.25, -0.2) is 4.79 Å². The lowest BCUT2D eigenvalue weighted by Gasteiger charge is -2.37. The predicted octanol–water partition coefficient (Wildman–Crippen LogP) is 3.47. The van der Waals surface area contributed by atoms with Gasteiger partial charge in [0.05, 0.1) is 0 Å². The third-order valence-corrected chi connectivity index (χ3v) is 3.91. The first kappa shape index (κ1) is 17.1. The van der Waals surface area contributed by atoms with Crippen LogP contribution in [0.5, 0.6) is 0 Å². The fraction of sp³-hybridized carbons (Fsp3) is 0.588. The Kier molecular flexibility index (Phi) is 5.35. The smallest absolute Gasteiger partial charge is 0.410 e. The second kappa shape index (κ2) is 6.88. The minimum atomic E-state index is -0.482. The van der Waals surface area contributed by atoms with Gasteiger partial charge in [-0.05, 0) is 57.2 Å². The lowest BCUT2D eigenvalue weighted by Crippen LogP contribution is -2.51. The third kappa shape index (κ3) is 5.18. The third-order valence-electron chi connectivity index (χ3n) is 3.66. The number of likely N-dealkylation sites (tertiary alicyclic amines) is 1. The van der Waals surface area contributed by atoms with Crippen LogP contribution in [0.15, 0.2) is 24.3 Å². The number of nitrogens with zero attached hydrogens (tertiary/aromatic N) is 1. The van der Waals surface area contributed by atoms with Crippen LogP contribution < -0.4 is 5.73 Å². The topological polar surface area (TPSA) is 55.6 Å². The van der Waals surface area contributed by atoms with Crippen LogP contribution in [0.4, 0.5) is 4.79 Å². The molecule has 122 valence electrons. The predicted molar refractivity (Wildman–Crippen MR) is 89.0 cm³/mol. The van der Waals surface area contributed by atoms with Crippen molar-refractivity contribution in [1.82, 2.24) is 4.90 Å². The van der Waals surface area contributed by atoms with E-state index in [4.69, 9.17) is 22.1 Å². The summed E-state index contributed by atoms with van der Waals surface area (Å²) in [6.07, 6.45) is 1.54. The van der Waals surface area contributed by atoms with Crippen molar-refractivity contribution in [2.45, 2.75) is 45.3 Å². The van der Waals surface area contributed by atoms with Crippen LogP contribution in [0.2, 0.25) is 5.02 Å². The second-order valence-electron chi connectivity index (χ2n) is 7.08. The number of rotatable bonds is 2. The van der Waals surface area contributed by atoms with Crippen molar-refractivity contribution in [1.29, 1.82) is 0 Å². The Balaban J connectivity index is 1.98. The molecule has 1 heterocycles. The van der Waals surface area contributed by atoms with Gasteiger partial charge in [-0.1, -0.05) is 23.7 Å². The molecule has 0 spiro atoms. The van der Waals surface area contributed by atoms with E-state index in [0.717, 1.165) is 17.9 Å². The summed E-state index contributed by atoms with van der Waals surface area (Å²) in [5.74, 6) is 0.345. The number of hydrogen-bond acceptors (Lipinski definition) is 3. The molecule has 1 aliphatic rings. The van der Waals surface area contributed by atoms with Gasteiger partial charge in [0.2, 0.25) is 0 Å². The Bertz CT molecular complexity index is 510. The van der Waals surface area contributed by atoms with E-state index in [-0.39, 0.29) is 12.1 Å². The van der Waals surface area contributed by atoms with Gasteiger partial charge in [-0.15, -0.1) is 0 Å². The summed E-state index contributed by atoms with van der Waals surface area (Å²) in [6.45, 7) is 6.87. The van der Waals surface area contributed by atoms with Crippen LogP contribution in [-0.2, 0) is 11.2 Å². The first-order chi connectivity index (χ1) is 10.2. The summed E-state index contributed by atoms with van der Waals surface area (Å²) in [7, 11) is 0. The fourth-order valence-corrected chi connectivity index (χ4v) is 2.95. The number of halogens is 1. The van der Waals surface area contributed by atoms with Crippen molar-refractivity contribution in [3.8, 4) is 0 Å². The van der Waals surface area contributed by atoms with Gasteiger partial charge in [0.25, 0.3) is 0 Å². The molecule has 2 rings (SSSR count). The summed E-state index contributed by atoms with van der Waals surface area (Å²) in [6, 6.07) is 7.84. The van der Waals surface area contributed by atoms with Gasteiger partial charge in [-0.2, -0.15) is 0 Å². The average Bonchev–Trinajstić information content (AvgIpc) is 2.39. The van der Waals surface area contributed by atoms with E-state index in [0.29, 0.717) is 19.0 Å². The van der Waals surface area contributed by atoms with Crippen molar-refractivity contribution in [2.75, 3.05) is 13.1 Å². The fourth-order valence-electron chi connectivity index (χ4n) is 2.82. The first-order valence-electron chi connectivity index (χ1n) is 7.71. The normalized spacial score (nSPS) is 22.5. The van der Waals surface area contributed by atoms with Crippen molar-refractivity contribution < 1.29 is 9.53 Å². The molecular weight excluding hydrogens is 300 g/mol. The molecule has 2 N–H and O–H groups in total. The molecular formula is C17H25ClN2O2. The molecule has 2 unspecified atom stereocenters. The Hall–Kier alpha value is -1.26. The summed E-state index contributed by atoms with van der Waals surface area (Å²) in [5.41, 5.74) is 6.86. The highest BCUT2D eigenvalue weighted by molar-refractivity contribution is 6.30. The molecule has 0 bridgehead atoms. The van der Waals surface area contributed by atoms with Crippen molar-refractivity contribution >= 4 is 17.7 Å². The minimum Gasteiger partial charge on any atom is -0.444 e. The molecule has 2 atom stereocenters. The molecule has 0 aromatic heterocycles. The van der Waals surface area contributed by atoms with Gasteiger partial charge >= 0.3 is 6.09 Å². The van der Waals surface area contributed by atoms with Crippen molar-refractivity contribution in [3.05, 3.63) is 34.9 Å². The lowest BCUT2D eigenvalue weighted by atomic mass is 9.89. The van der Waals surface area contributed by atoms with Gasteiger partial charge in [0.1, 0.15) is 5.60 Å². The Morgan fingerprint density at radius 1 is 1.32 bits per heavy atom. The molecule has 1 aliphatic heterocycles. The molecule has 0 radical (unpaired) electrons. The number of ether oxygens (including phenoxy) is 1. The van der Waals surface area contributed by atoms with E-state index < -0.39 is 5.60 Å². The van der Waals surface area contributed by atoms with Gasteiger partial charge in [0, 0.05) is 24.2 Å². The zero-order valence-corrected chi connectivity index (χ0v) is 14.3. The van der Waals surface area contributed by atoms with Crippen LogP contribution in [0, 0.1) is 5.92 Å². The molecule has 1 saturated heterocycles. The maximum absolute atomic E-state index is 12.2. The molecule has 1 aromatic carbocycles. The van der Waals surface area contributed by atoms with E-state index in [1.165, 1.54) is 5.56 Å². The SMILES string of the molecule is CC(C)(C)OC(=O)N1CC(N)CC(Cc2ccc(Cl)cc2)C1. The molecule has 1 fully saturated rings. The first-order valence-corrected chi connectivity index (χ1v) is 8.08. The largest absolute Gasteiger partial charge is 0.444 e. The van der Waals surface area contributed by atoms with Crippen LogP contribution in [-0.4, -0.2) is 35.7 Å². The summed E-state index contributed by atoms with van der Waals surface area (Å²) in [4.78, 5) is 14.0. The summed E-state index contributed by atoms with van der Waals surface area (Å²) in [5, 5.41) is 0.736. The molecule has 1 amide bonds. The van der Waals surface area contributed by atoms with E-state index in [9.17, 15) is 4.79 Å². The van der Waals surface area contributed by atoms with Gasteiger partial charge in [-0.3, -0.25) is 0 Å². The van der Waals surface area contributed by atoms with Crippen LogP contribution in [0.3, 0.4) is 0 Å². The number of carbonyl (C=O) groups excluding carboxylic acids is 1. The Morgan fingerprint density at radius 2 is 1.95 bits per heavy atom. The average molecular weight is 325 g/mol. The number of benzene rings is 1. The molecule has 1 aromatic rings. The monoisotopic (exact) mass is 324 g/mol. The quantitative estimate of drug-likeness (QED) is 0.906. The van der Waals surface area contributed by atoms with E-state index >= 15 is 0 Å². The van der Waals surface area contributed by atoms with Crippen LogP contribution in [0.1, 0.15) is 32.8 Å². The van der Waals surface area contributed by atoms with E-state index in [1.807, 2.05) is 45.0 Å². The van der Waals surface area contributed by atoms with Gasteiger partial charge in [0.15, 0.2) is 0 Å². The van der Waals surface area contributed by atoms with Crippen molar-refractivity contribution in [3.63, 3.8) is 0 Å². The molecule has 5 heteroatoms. The summed E-state index contributed by atoms with van der Waals surface area (Å²) >= 11 is 5.91. The highest BCUT2D eigenvalue weighted by Crippen LogP contribution is 2.23. The number of carbonyl (C=O) groups is 1. The standard InChI is InChI=1S/C17H25ClN2O2/c1-17(2,3)22-16(21)20-10-13(9-15(19)11-20)8-12-4-6-14(18)7-5-12/h4-7,13,15H,8-11,19H2,1-3H3. The molecule has 0 saturated carbocycles. The van der Waals surface area contributed by atoms with Gasteiger partial charge < -0.3 is 15.4 Å². The maximum atomic E-state index is 12.2. The summed E-state index contributed by atoms with van der Waals surface area (Å²) < 4.78 is 5.45. The Morgan fingerprint density at radius 3 is 2.55 bits per heavy atom. The highest BCUT2D eigenvalue weighted by atomic mass is 35.5. The highest BCUT2D eigenvalue weighted by Gasteiger charge is 2.31. The molecule has 4 nitrogen and oxygen atoms in total.